The lowest BCUT2D eigenvalue weighted by Gasteiger charge is -2.20. The average Bonchev–Trinajstić information content (AvgIpc) is 2.95. The number of amides is 1. The number of carbonyl (C=O) groups excluding carboxylic acids is 1. The minimum Gasteiger partial charge on any atom is -0.320 e. The number of nitrogens with zero attached hydrogens (tertiary/aromatic N) is 2. The highest BCUT2D eigenvalue weighted by Gasteiger charge is 2.28. The van der Waals surface area contributed by atoms with Gasteiger partial charge in [0.25, 0.3) is 5.91 Å². The molecule has 25 heavy (non-hydrogen) atoms. The standard InChI is InChI=1S/C20H14FN3O/c21-14-11-12-18-17(13-14)19(20(25)22-18)23-24(15-7-3-1-4-8-15)16-9-5-2-6-10-16/h1-13H,(H,22,23,25). The molecule has 1 aliphatic heterocycles. The molecule has 0 radical (unpaired) electrons. The van der Waals surface area contributed by atoms with E-state index in [4.69, 9.17) is 0 Å². The van der Waals surface area contributed by atoms with Crippen LogP contribution in [0.1, 0.15) is 5.56 Å². The number of benzene rings is 3. The van der Waals surface area contributed by atoms with Crippen molar-refractivity contribution in [1.29, 1.82) is 0 Å². The summed E-state index contributed by atoms with van der Waals surface area (Å²) in [5, 5.41) is 8.95. The van der Waals surface area contributed by atoms with E-state index in [0.29, 0.717) is 11.3 Å². The molecule has 4 nitrogen and oxygen atoms in total. The van der Waals surface area contributed by atoms with Gasteiger partial charge in [-0.1, -0.05) is 36.4 Å². The SMILES string of the molecule is O=C1Nc2ccc(F)cc2C1=NN(c1ccccc1)c1ccccc1. The summed E-state index contributed by atoms with van der Waals surface area (Å²) in [5.41, 5.74) is 2.81. The summed E-state index contributed by atoms with van der Waals surface area (Å²) in [5.74, 6) is -0.758. The van der Waals surface area contributed by atoms with E-state index in [2.05, 4.69) is 10.4 Å². The number of hydrogen-bond donors (Lipinski definition) is 1. The fraction of sp³-hybridized carbons (Fsp3) is 0. The highest BCUT2D eigenvalue weighted by atomic mass is 19.1. The van der Waals surface area contributed by atoms with Crippen LogP contribution in [0.5, 0.6) is 0 Å². The largest absolute Gasteiger partial charge is 0.320 e. The third kappa shape index (κ3) is 2.87. The van der Waals surface area contributed by atoms with Gasteiger partial charge in [0.05, 0.1) is 17.1 Å². The second-order valence-corrected chi connectivity index (χ2v) is 5.58. The molecule has 0 saturated carbocycles. The quantitative estimate of drug-likeness (QED) is 0.727. The second-order valence-electron chi connectivity index (χ2n) is 5.58. The van der Waals surface area contributed by atoms with Gasteiger partial charge in [0.2, 0.25) is 0 Å². The molecule has 3 aromatic rings. The van der Waals surface area contributed by atoms with Crippen LogP contribution in [0.4, 0.5) is 21.5 Å². The minimum absolute atomic E-state index is 0.183. The van der Waals surface area contributed by atoms with Crippen molar-refractivity contribution >= 4 is 28.7 Å². The van der Waals surface area contributed by atoms with E-state index in [-0.39, 0.29) is 11.6 Å². The normalized spacial score (nSPS) is 14.3. The number of hydrazone groups is 1. The fourth-order valence-corrected chi connectivity index (χ4v) is 2.73. The third-order valence-corrected chi connectivity index (χ3v) is 3.90. The summed E-state index contributed by atoms with van der Waals surface area (Å²) in [7, 11) is 0. The van der Waals surface area contributed by atoms with Crippen molar-refractivity contribution in [3.63, 3.8) is 0 Å². The maximum Gasteiger partial charge on any atom is 0.276 e. The number of halogens is 1. The molecule has 0 bridgehead atoms. The molecule has 1 amide bonds. The van der Waals surface area contributed by atoms with Gasteiger partial charge in [-0.05, 0) is 42.5 Å². The zero-order valence-electron chi connectivity index (χ0n) is 13.2. The van der Waals surface area contributed by atoms with E-state index in [0.717, 1.165) is 11.4 Å². The predicted octanol–water partition coefficient (Wildman–Crippen LogP) is 4.32. The first kappa shape index (κ1) is 15.1. The van der Waals surface area contributed by atoms with Crippen molar-refractivity contribution in [1.82, 2.24) is 0 Å². The van der Waals surface area contributed by atoms with Gasteiger partial charge in [-0.3, -0.25) is 4.79 Å². The molecule has 122 valence electrons. The highest BCUT2D eigenvalue weighted by molar-refractivity contribution is 6.54. The van der Waals surface area contributed by atoms with Crippen LogP contribution in [-0.2, 0) is 4.79 Å². The van der Waals surface area contributed by atoms with Crippen LogP contribution < -0.4 is 10.3 Å². The van der Waals surface area contributed by atoms with Crippen molar-refractivity contribution in [3.8, 4) is 0 Å². The van der Waals surface area contributed by atoms with E-state index >= 15 is 0 Å². The number of fused-ring (bicyclic) bond motifs is 1. The van der Waals surface area contributed by atoms with Gasteiger partial charge in [0, 0.05) is 5.56 Å². The molecular weight excluding hydrogens is 317 g/mol. The maximum atomic E-state index is 13.6. The average molecular weight is 331 g/mol. The molecule has 5 heteroatoms. The van der Waals surface area contributed by atoms with Crippen LogP contribution in [-0.4, -0.2) is 11.6 Å². The molecule has 0 spiro atoms. The Labute approximate surface area is 144 Å². The van der Waals surface area contributed by atoms with E-state index < -0.39 is 5.82 Å². The number of nitrogens with one attached hydrogen (secondary N) is 1. The first-order valence-electron chi connectivity index (χ1n) is 7.82. The molecule has 0 saturated heterocycles. The number of carbonyl (C=O) groups is 1. The third-order valence-electron chi connectivity index (χ3n) is 3.90. The molecule has 0 atom stereocenters. The molecular formula is C20H14FN3O. The Hall–Kier alpha value is -3.47. The number of rotatable bonds is 3. The van der Waals surface area contributed by atoms with Gasteiger partial charge in [-0.2, -0.15) is 5.10 Å². The van der Waals surface area contributed by atoms with Crippen LogP contribution in [0.25, 0.3) is 0 Å². The van der Waals surface area contributed by atoms with Crippen molar-refractivity contribution in [3.05, 3.63) is 90.2 Å². The minimum atomic E-state index is -0.408. The Morgan fingerprint density at radius 2 is 1.44 bits per heavy atom. The zero-order valence-corrected chi connectivity index (χ0v) is 13.2. The lowest BCUT2D eigenvalue weighted by Crippen LogP contribution is -2.20. The Bertz CT molecular complexity index is 916. The van der Waals surface area contributed by atoms with Crippen molar-refractivity contribution in [2.45, 2.75) is 0 Å². The Morgan fingerprint density at radius 1 is 0.840 bits per heavy atom. The van der Waals surface area contributed by atoms with Crippen LogP contribution in [0.3, 0.4) is 0 Å². The van der Waals surface area contributed by atoms with Crippen LogP contribution >= 0.6 is 0 Å². The summed E-state index contributed by atoms with van der Waals surface area (Å²) in [6.45, 7) is 0. The van der Waals surface area contributed by atoms with Crippen molar-refractivity contribution in [2.75, 3.05) is 10.3 Å². The number of hydrogen-bond acceptors (Lipinski definition) is 3. The van der Waals surface area contributed by atoms with Crippen LogP contribution in [0.15, 0.2) is 84.0 Å². The van der Waals surface area contributed by atoms with E-state index in [1.54, 1.807) is 11.1 Å². The highest BCUT2D eigenvalue weighted by Crippen LogP contribution is 2.29. The molecule has 0 aromatic heterocycles. The van der Waals surface area contributed by atoms with Gasteiger partial charge in [-0.25, -0.2) is 9.40 Å². The van der Waals surface area contributed by atoms with Crippen molar-refractivity contribution in [2.24, 2.45) is 5.10 Å². The van der Waals surface area contributed by atoms with E-state index in [1.807, 2.05) is 60.7 Å². The van der Waals surface area contributed by atoms with Crippen LogP contribution in [0, 0.1) is 5.82 Å². The lowest BCUT2D eigenvalue weighted by molar-refractivity contribution is -0.110. The summed E-state index contributed by atoms with van der Waals surface area (Å²) < 4.78 is 13.6. The number of anilines is 3. The smallest absolute Gasteiger partial charge is 0.276 e. The van der Waals surface area contributed by atoms with Gasteiger partial charge in [0.1, 0.15) is 5.82 Å². The van der Waals surface area contributed by atoms with E-state index in [1.165, 1.54) is 12.1 Å². The Kier molecular flexibility index (Phi) is 3.74. The van der Waals surface area contributed by atoms with Gasteiger partial charge in [0.15, 0.2) is 5.71 Å². The number of para-hydroxylation sites is 2. The van der Waals surface area contributed by atoms with E-state index in [9.17, 15) is 9.18 Å². The monoisotopic (exact) mass is 331 g/mol. The summed E-state index contributed by atoms with van der Waals surface area (Å²) in [6.07, 6.45) is 0. The molecule has 0 unspecified atom stereocenters. The summed E-state index contributed by atoms with van der Waals surface area (Å²) in [6, 6.07) is 23.2. The second kappa shape index (κ2) is 6.20. The summed E-state index contributed by atoms with van der Waals surface area (Å²) >= 11 is 0. The molecule has 1 N–H and O–H groups in total. The lowest BCUT2D eigenvalue weighted by atomic mass is 10.1. The Morgan fingerprint density at radius 3 is 2.04 bits per heavy atom. The zero-order chi connectivity index (χ0) is 17.2. The summed E-state index contributed by atoms with van der Waals surface area (Å²) in [4.78, 5) is 12.3. The van der Waals surface area contributed by atoms with Gasteiger partial charge < -0.3 is 5.32 Å². The molecule has 1 aliphatic rings. The maximum absolute atomic E-state index is 13.6. The molecule has 0 aliphatic carbocycles. The molecule has 1 heterocycles. The van der Waals surface area contributed by atoms with Crippen molar-refractivity contribution < 1.29 is 9.18 Å². The molecule has 3 aromatic carbocycles. The first-order valence-corrected chi connectivity index (χ1v) is 7.82. The predicted molar refractivity (Wildman–Crippen MR) is 96.6 cm³/mol. The fourth-order valence-electron chi connectivity index (χ4n) is 2.73. The topological polar surface area (TPSA) is 44.7 Å². The first-order chi connectivity index (χ1) is 12.2. The van der Waals surface area contributed by atoms with Gasteiger partial charge in [-0.15, -0.1) is 0 Å². The van der Waals surface area contributed by atoms with Gasteiger partial charge >= 0.3 is 0 Å². The Balaban J connectivity index is 1.86. The van der Waals surface area contributed by atoms with Crippen LogP contribution in [0.2, 0.25) is 0 Å². The molecule has 4 rings (SSSR count). The molecule has 0 fully saturated rings.